The lowest BCUT2D eigenvalue weighted by Gasteiger charge is -2.14. The number of fused-ring (bicyclic) bond motifs is 1. The molecular formula is C27H26ClN5O2S. The normalized spacial score (nSPS) is 11.2. The highest BCUT2D eigenvalue weighted by molar-refractivity contribution is 7.99. The topological polar surface area (TPSA) is 79.4 Å². The summed E-state index contributed by atoms with van der Waals surface area (Å²) in [6.07, 6.45) is 4.86. The van der Waals surface area contributed by atoms with Crippen molar-refractivity contribution >= 4 is 57.4 Å². The third-order valence-electron chi connectivity index (χ3n) is 5.12. The number of amides is 1. The number of carbonyl (C=O) groups excluding carboxylic acids is 1. The van der Waals surface area contributed by atoms with Gasteiger partial charge < -0.3 is 20.3 Å². The van der Waals surface area contributed by atoms with E-state index in [1.165, 1.54) is 23.2 Å². The summed E-state index contributed by atoms with van der Waals surface area (Å²) in [4.78, 5) is 24.4. The van der Waals surface area contributed by atoms with Crippen molar-refractivity contribution in [2.75, 3.05) is 38.4 Å². The fourth-order valence-electron chi connectivity index (χ4n) is 3.35. The molecule has 0 saturated carbocycles. The number of aromatic nitrogens is 2. The first-order chi connectivity index (χ1) is 17.4. The summed E-state index contributed by atoms with van der Waals surface area (Å²) in [5.41, 5.74) is 1.16. The fraction of sp³-hybridized carbons (Fsp3) is 0.148. The Hall–Kier alpha value is -3.59. The number of anilines is 3. The quantitative estimate of drug-likeness (QED) is 0.200. The molecular weight excluding hydrogens is 494 g/mol. The van der Waals surface area contributed by atoms with Crippen LogP contribution in [0.15, 0.2) is 88.9 Å². The maximum absolute atomic E-state index is 12.4. The molecule has 0 saturated heterocycles. The van der Waals surface area contributed by atoms with Crippen LogP contribution in [0.2, 0.25) is 5.02 Å². The van der Waals surface area contributed by atoms with Crippen LogP contribution in [0.1, 0.15) is 0 Å². The van der Waals surface area contributed by atoms with Crippen molar-refractivity contribution in [3.8, 4) is 5.75 Å². The zero-order valence-corrected chi connectivity index (χ0v) is 21.7. The second-order valence-corrected chi connectivity index (χ2v) is 9.62. The van der Waals surface area contributed by atoms with E-state index in [0.717, 1.165) is 10.3 Å². The van der Waals surface area contributed by atoms with Gasteiger partial charge >= 0.3 is 0 Å². The molecule has 0 atom stereocenters. The highest BCUT2D eigenvalue weighted by Crippen LogP contribution is 2.35. The molecule has 0 unspecified atom stereocenters. The maximum atomic E-state index is 12.4. The number of nitrogens with one attached hydrogen (secondary N) is 2. The fourth-order valence-corrected chi connectivity index (χ4v) is 4.39. The van der Waals surface area contributed by atoms with Crippen LogP contribution in [0.5, 0.6) is 5.75 Å². The van der Waals surface area contributed by atoms with Crippen molar-refractivity contribution in [2.24, 2.45) is 0 Å². The molecule has 0 aliphatic carbocycles. The first-order valence-electron chi connectivity index (χ1n) is 11.2. The largest absolute Gasteiger partial charge is 0.497 e. The maximum Gasteiger partial charge on any atom is 0.248 e. The molecule has 0 aliphatic heterocycles. The Labute approximate surface area is 219 Å². The van der Waals surface area contributed by atoms with Crippen LogP contribution in [-0.4, -0.2) is 48.5 Å². The van der Waals surface area contributed by atoms with E-state index >= 15 is 0 Å². The lowest BCUT2D eigenvalue weighted by atomic mass is 10.1. The second-order valence-electron chi connectivity index (χ2n) is 8.15. The predicted octanol–water partition coefficient (Wildman–Crippen LogP) is 6.24. The summed E-state index contributed by atoms with van der Waals surface area (Å²) in [5.74, 6) is 0.725. The van der Waals surface area contributed by atoms with Gasteiger partial charge in [0, 0.05) is 23.6 Å². The van der Waals surface area contributed by atoms with Crippen molar-refractivity contribution in [2.45, 2.75) is 9.92 Å². The summed E-state index contributed by atoms with van der Waals surface area (Å²) in [6.45, 7) is 0.664. The third kappa shape index (κ3) is 6.75. The molecule has 0 bridgehead atoms. The number of rotatable bonds is 9. The summed E-state index contributed by atoms with van der Waals surface area (Å²) in [6, 6.07) is 19.7. The van der Waals surface area contributed by atoms with Crippen molar-refractivity contribution in [1.29, 1.82) is 0 Å². The van der Waals surface area contributed by atoms with Gasteiger partial charge in [0.2, 0.25) is 11.9 Å². The van der Waals surface area contributed by atoms with E-state index in [1.54, 1.807) is 37.6 Å². The average molecular weight is 520 g/mol. The van der Waals surface area contributed by atoms with Crippen LogP contribution in [0.25, 0.3) is 10.8 Å². The minimum atomic E-state index is -0.241. The van der Waals surface area contributed by atoms with Crippen LogP contribution >= 0.6 is 23.4 Å². The number of nitrogens with zero attached hydrogens (tertiary/aromatic N) is 3. The Morgan fingerprint density at radius 1 is 1.08 bits per heavy atom. The Kier molecular flexibility index (Phi) is 8.43. The minimum Gasteiger partial charge on any atom is -0.497 e. The highest BCUT2D eigenvalue weighted by Gasteiger charge is 2.12. The number of carbonyl (C=O) groups is 1. The van der Waals surface area contributed by atoms with Gasteiger partial charge in [0.1, 0.15) is 10.8 Å². The summed E-state index contributed by atoms with van der Waals surface area (Å²) < 4.78 is 5.36. The zero-order chi connectivity index (χ0) is 25.5. The van der Waals surface area contributed by atoms with Crippen LogP contribution in [-0.2, 0) is 4.79 Å². The number of methoxy groups -OCH3 is 1. The van der Waals surface area contributed by atoms with E-state index in [4.69, 9.17) is 16.3 Å². The van der Waals surface area contributed by atoms with E-state index in [2.05, 4.69) is 44.9 Å². The smallest absolute Gasteiger partial charge is 0.248 e. The molecule has 4 aromatic rings. The van der Waals surface area contributed by atoms with Crippen molar-refractivity contribution in [3.63, 3.8) is 0 Å². The first kappa shape index (κ1) is 25.5. The van der Waals surface area contributed by atoms with Gasteiger partial charge in [-0.05, 0) is 49.1 Å². The molecule has 0 radical (unpaired) electrons. The van der Waals surface area contributed by atoms with Crippen LogP contribution in [0.4, 0.5) is 17.3 Å². The van der Waals surface area contributed by atoms with Gasteiger partial charge in [-0.2, -0.15) is 0 Å². The van der Waals surface area contributed by atoms with E-state index in [0.29, 0.717) is 39.7 Å². The van der Waals surface area contributed by atoms with Crippen LogP contribution < -0.4 is 15.4 Å². The Morgan fingerprint density at radius 3 is 2.67 bits per heavy atom. The lowest BCUT2D eigenvalue weighted by Crippen LogP contribution is -2.13. The predicted molar refractivity (Wildman–Crippen MR) is 148 cm³/mol. The van der Waals surface area contributed by atoms with E-state index < -0.39 is 0 Å². The van der Waals surface area contributed by atoms with Crippen molar-refractivity contribution in [1.82, 2.24) is 14.9 Å². The zero-order valence-electron chi connectivity index (χ0n) is 20.2. The average Bonchev–Trinajstić information content (AvgIpc) is 2.86. The molecule has 1 aromatic heterocycles. The first-order valence-corrected chi connectivity index (χ1v) is 12.4. The molecule has 36 heavy (non-hydrogen) atoms. The number of hydrogen-bond donors (Lipinski definition) is 2. The second kappa shape index (κ2) is 11.9. The Bertz CT molecular complexity index is 1410. The molecule has 0 spiro atoms. The minimum absolute atomic E-state index is 0.241. The lowest BCUT2D eigenvalue weighted by molar-refractivity contribution is -0.111. The highest BCUT2D eigenvalue weighted by atomic mass is 35.5. The molecule has 1 heterocycles. The molecule has 1 amide bonds. The number of halogens is 1. The van der Waals surface area contributed by atoms with Gasteiger partial charge in [-0.25, -0.2) is 9.97 Å². The number of hydrogen-bond acceptors (Lipinski definition) is 7. The van der Waals surface area contributed by atoms with Gasteiger partial charge in [-0.3, -0.25) is 4.79 Å². The van der Waals surface area contributed by atoms with E-state index in [9.17, 15) is 4.79 Å². The standard InChI is InChI=1S/C27H26ClN5O2S/c1-33(2)14-6-9-25(34)30-23-13-11-20(35-3)16-24(23)31-27-29-17-22(28)26(32-27)36-21-12-10-18-7-4-5-8-19(18)15-21/h4-13,15-17H,14H2,1-3H3,(H,30,34)(H,29,31,32)/b9-6+. The van der Waals surface area contributed by atoms with Gasteiger partial charge in [0.25, 0.3) is 0 Å². The van der Waals surface area contributed by atoms with Crippen LogP contribution in [0, 0.1) is 0 Å². The van der Waals surface area contributed by atoms with Gasteiger partial charge in [-0.1, -0.05) is 59.8 Å². The molecule has 9 heteroatoms. The van der Waals surface area contributed by atoms with Crippen molar-refractivity contribution in [3.05, 3.63) is 84.0 Å². The SMILES string of the molecule is COc1ccc(NC(=O)/C=C/CN(C)C)c(Nc2ncc(Cl)c(Sc3ccc4ccccc4c3)n2)c1. The molecule has 184 valence electrons. The number of benzene rings is 3. The summed E-state index contributed by atoms with van der Waals surface area (Å²) in [5, 5.41) is 9.45. The number of likely N-dealkylation sites (N-methyl/N-ethyl adjacent to an activating group) is 1. The summed E-state index contributed by atoms with van der Waals surface area (Å²) in [7, 11) is 5.46. The van der Waals surface area contributed by atoms with Gasteiger partial charge in [0.15, 0.2) is 0 Å². The Balaban J connectivity index is 1.56. The van der Waals surface area contributed by atoms with E-state index in [1.807, 2.05) is 37.2 Å². The van der Waals surface area contributed by atoms with Gasteiger partial charge in [0.05, 0.1) is 29.7 Å². The van der Waals surface area contributed by atoms with Crippen molar-refractivity contribution < 1.29 is 9.53 Å². The molecule has 3 aromatic carbocycles. The van der Waals surface area contributed by atoms with Gasteiger partial charge in [-0.15, -0.1) is 0 Å². The van der Waals surface area contributed by atoms with E-state index in [-0.39, 0.29) is 5.91 Å². The molecule has 0 aliphatic rings. The van der Waals surface area contributed by atoms with Crippen LogP contribution in [0.3, 0.4) is 0 Å². The number of ether oxygens (including phenoxy) is 1. The third-order valence-corrected chi connectivity index (χ3v) is 6.50. The summed E-state index contributed by atoms with van der Waals surface area (Å²) >= 11 is 7.88. The molecule has 0 fully saturated rings. The molecule has 7 nitrogen and oxygen atoms in total. The Morgan fingerprint density at radius 2 is 1.89 bits per heavy atom. The molecule has 2 N–H and O–H groups in total. The molecule has 4 rings (SSSR count). The monoisotopic (exact) mass is 519 g/mol.